The molecule has 0 aliphatic heterocycles. The van der Waals surface area contributed by atoms with Gasteiger partial charge in [0.05, 0.1) is 6.04 Å². The molecule has 2 rings (SSSR count). The van der Waals surface area contributed by atoms with Crippen molar-refractivity contribution in [2.24, 2.45) is 28.1 Å². The molecular weight excluding hydrogens is 554 g/mol. The molecule has 0 saturated heterocycles. The number of carboxylic acids is 1. The number of nitrogens with one attached hydrogen (secondary N) is 3. The van der Waals surface area contributed by atoms with Crippen molar-refractivity contribution in [3.63, 3.8) is 0 Å². The van der Waals surface area contributed by atoms with Crippen LogP contribution in [0.25, 0.3) is 0 Å². The van der Waals surface area contributed by atoms with E-state index in [2.05, 4.69) is 20.9 Å². The van der Waals surface area contributed by atoms with E-state index in [9.17, 15) is 29.4 Å². The van der Waals surface area contributed by atoms with E-state index in [-0.39, 0.29) is 49.9 Å². The van der Waals surface area contributed by atoms with Crippen molar-refractivity contribution >= 4 is 29.7 Å². The van der Waals surface area contributed by atoms with Crippen LogP contribution in [0.15, 0.2) is 59.6 Å². The van der Waals surface area contributed by atoms with Crippen LogP contribution in [0.3, 0.4) is 0 Å². The standard InChI is InChI=1S/C30H43N7O6/c1-3-18(2)25(37-26(39)22(31)16-19-8-5-4-6-9-19)28(41)36-24(17-20-11-13-21(38)14-12-20)27(40)35-23(29(42)43)10-7-15-34-30(32)33/h4-6,8-9,11-14,18,22-25,38H,3,7,10,15-17,31H2,1-2H3,(H,35,40)(H,36,41)(H,37,39)(H,42,43)(H4,32,33,34). The first-order valence-corrected chi connectivity index (χ1v) is 14.2. The molecule has 0 fully saturated rings. The van der Waals surface area contributed by atoms with E-state index in [1.54, 1.807) is 19.1 Å². The Morgan fingerprint density at radius 2 is 1.44 bits per heavy atom. The van der Waals surface area contributed by atoms with Crippen LogP contribution in [0.5, 0.6) is 5.75 Å². The molecule has 0 bridgehead atoms. The van der Waals surface area contributed by atoms with Gasteiger partial charge in [0, 0.05) is 13.0 Å². The highest BCUT2D eigenvalue weighted by molar-refractivity contribution is 5.94. The first-order chi connectivity index (χ1) is 20.4. The lowest BCUT2D eigenvalue weighted by molar-refractivity contribution is -0.142. The smallest absolute Gasteiger partial charge is 0.326 e. The number of carboxylic acid groups (broad SMARTS) is 1. The first-order valence-electron chi connectivity index (χ1n) is 14.2. The normalized spacial score (nSPS) is 14.3. The number of guanidine groups is 1. The fraction of sp³-hybridized carbons (Fsp3) is 0.433. The average molecular weight is 598 g/mol. The van der Waals surface area contributed by atoms with Crippen LogP contribution in [0, 0.1) is 5.92 Å². The monoisotopic (exact) mass is 597 g/mol. The minimum absolute atomic E-state index is 0.00706. The van der Waals surface area contributed by atoms with Crippen molar-refractivity contribution in [1.29, 1.82) is 0 Å². The fourth-order valence-corrected chi connectivity index (χ4v) is 4.29. The van der Waals surface area contributed by atoms with Crippen LogP contribution in [-0.4, -0.2) is 70.6 Å². The zero-order valence-electron chi connectivity index (χ0n) is 24.5. The summed E-state index contributed by atoms with van der Waals surface area (Å²) in [7, 11) is 0. The van der Waals surface area contributed by atoms with Gasteiger partial charge in [-0.2, -0.15) is 0 Å². The van der Waals surface area contributed by atoms with Gasteiger partial charge in [0.1, 0.15) is 23.9 Å². The number of aromatic hydroxyl groups is 1. The van der Waals surface area contributed by atoms with Gasteiger partial charge in [0.25, 0.3) is 0 Å². The van der Waals surface area contributed by atoms with Crippen LogP contribution in [0.4, 0.5) is 0 Å². The van der Waals surface area contributed by atoms with Crippen molar-refractivity contribution in [2.75, 3.05) is 6.54 Å². The summed E-state index contributed by atoms with van der Waals surface area (Å²) in [6.45, 7) is 3.83. The quantitative estimate of drug-likeness (QED) is 0.0702. The van der Waals surface area contributed by atoms with Crippen LogP contribution < -0.4 is 33.2 Å². The number of rotatable bonds is 17. The van der Waals surface area contributed by atoms with Gasteiger partial charge in [0.2, 0.25) is 17.7 Å². The van der Waals surface area contributed by atoms with E-state index >= 15 is 0 Å². The summed E-state index contributed by atoms with van der Waals surface area (Å²) < 4.78 is 0. The molecule has 5 atom stereocenters. The van der Waals surface area contributed by atoms with Crippen LogP contribution in [0.2, 0.25) is 0 Å². The number of benzene rings is 2. The van der Waals surface area contributed by atoms with E-state index in [4.69, 9.17) is 17.2 Å². The number of amides is 3. The number of hydrogen-bond donors (Lipinski definition) is 8. The molecule has 2 aromatic carbocycles. The number of nitrogens with two attached hydrogens (primary N) is 3. The molecule has 11 N–H and O–H groups in total. The summed E-state index contributed by atoms with van der Waals surface area (Å²) in [6.07, 6.45) is 1.14. The summed E-state index contributed by atoms with van der Waals surface area (Å²) in [4.78, 5) is 55.7. The Morgan fingerprint density at radius 3 is 2.02 bits per heavy atom. The molecule has 0 aliphatic rings. The zero-order chi connectivity index (χ0) is 31.9. The number of phenols is 1. The van der Waals surface area contributed by atoms with E-state index in [1.807, 2.05) is 37.3 Å². The summed E-state index contributed by atoms with van der Waals surface area (Å²) in [6, 6.07) is 10.9. The molecule has 2 aromatic rings. The van der Waals surface area contributed by atoms with E-state index < -0.39 is 47.9 Å². The highest BCUT2D eigenvalue weighted by Crippen LogP contribution is 2.14. The van der Waals surface area contributed by atoms with E-state index in [1.165, 1.54) is 12.1 Å². The number of carbonyl (C=O) groups is 4. The lowest BCUT2D eigenvalue weighted by atomic mass is 9.96. The number of aliphatic imine (C=N–C) groups is 1. The Morgan fingerprint density at radius 1 is 0.837 bits per heavy atom. The molecule has 0 spiro atoms. The van der Waals surface area contributed by atoms with E-state index in [0.717, 1.165) is 5.56 Å². The Kier molecular flexibility index (Phi) is 13.9. The topological polar surface area (TPSA) is 235 Å². The molecule has 5 unspecified atom stereocenters. The van der Waals surface area contributed by atoms with Crippen molar-refractivity contribution < 1.29 is 29.4 Å². The molecule has 43 heavy (non-hydrogen) atoms. The second-order valence-electron chi connectivity index (χ2n) is 10.4. The maximum absolute atomic E-state index is 13.6. The molecule has 0 saturated carbocycles. The maximum atomic E-state index is 13.6. The van der Waals surface area contributed by atoms with Gasteiger partial charge in [-0.05, 0) is 48.4 Å². The molecule has 0 radical (unpaired) electrons. The van der Waals surface area contributed by atoms with E-state index in [0.29, 0.717) is 12.0 Å². The largest absolute Gasteiger partial charge is 0.508 e. The Bertz CT molecular complexity index is 1240. The molecule has 234 valence electrons. The highest BCUT2D eigenvalue weighted by Gasteiger charge is 2.32. The van der Waals surface area contributed by atoms with Crippen molar-refractivity contribution in [1.82, 2.24) is 16.0 Å². The molecule has 13 heteroatoms. The number of carbonyl (C=O) groups excluding carboxylic acids is 3. The predicted octanol–water partition coefficient (Wildman–Crippen LogP) is 0.143. The minimum atomic E-state index is -1.26. The summed E-state index contributed by atoms with van der Waals surface area (Å²) in [5, 5.41) is 27.3. The van der Waals surface area contributed by atoms with Crippen molar-refractivity contribution in [2.45, 2.75) is 70.1 Å². The van der Waals surface area contributed by atoms with Gasteiger partial charge in [-0.25, -0.2) is 4.79 Å². The lowest BCUT2D eigenvalue weighted by Crippen LogP contribution is -2.59. The second kappa shape index (κ2) is 17.3. The zero-order valence-corrected chi connectivity index (χ0v) is 24.5. The molecule has 0 aliphatic carbocycles. The Balaban J connectivity index is 2.22. The fourth-order valence-electron chi connectivity index (χ4n) is 4.29. The van der Waals surface area contributed by atoms with Gasteiger partial charge in [-0.3, -0.25) is 19.4 Å². The summed E-state index contributed by atoms with van der Waals surface area (Å²) in [5.41, 5.74) is 18.2. The maximum Gasteiger partial charge on any atom is 0.326 e. The third-order valence-electron chi connectivity index (χ3n) is 7.00. The van der Waals surface area contributed by atoms with Crippen LogP contribution in [0.1, 0.15) is 44.2 Å². The van der Waals surface area contributed by atoms with Gasteiger partial charge < -0.3 is 43.4 Å². The predicted molar refractivity (Wildman–Crippen MR) is 163 cm³/mol. The van der Waals surface area contributed by atoms with Gasteiger partial charge in [-0.15, -0.1) is 0 Å². The molecular formula is C30H43N7O6. The third-order valence-corrected chi connectivity index (χ3v) is 7.00. The van der Waals surface area contributed by atoms with Crippen LogP contribution >= 0.6 is 0 Å². The molecule has 13 nitrogen and oxygen atoms in total. The minimum Gasteiger partial charge on any atom is -0.508 e. The molecule has 3 amide bonds. The van der Waals surface area contributed by atoms with Crippen molar-refractivity contribution in [3.8, 4) is 5.75 Å². The average Bonchev–Trinajstić information content (AvgIpc) is 2.97. The number of nitrogens with zero attached hydrogens (tertiary/aromatic N) is 1. The third kappa shape index (κ3) is 12.0. The van der Waals surface area contributed by atoms with Gasteiger partial charge >= 0.3 is 5.97 Å². The summed E-state index contributed by atoms with van der Waals surface area (Å²) in [5.74, 6) is -3.55. The SMILES string of the molecule is CCC(C)C(NC(=O)C(N)Cc1ccccc1)C(=O)NC(Cc1ccc(O)cc1)C(=O)NC(CCCN=C(N)N)C(=O)O. The number of aliphatic carboxylic acids is 1. The molecule has 0 aromatic heterocycles. The molecule has 0 heterocycles. The van der Waals surface area contributed by atoms with Crippen molar-refractivity contribution in [3.05, 3.63) is 65.7 Å². The first kappa shape index (κ1) is 34.6. The Labute approximate surface area is 251 Å². The number of phenolic OH excluding ortho intramolecular Hbond substituents is 1. The van der Waals surface area contributed by atoms with Gasteiger partial charge in [0.15, 0.2) is 5.96 Å². The van der Waals surface area contributed by atoms with Crippen LogP contribution in [-0.2, 0) is 32.0 Å². The summed E-state index contributed by atoms with van der Waals surface area (Å²) >= 11 is 0. The highest BCUT2D eigenvalue weighted by atomic mass is 16.4. The Hall–Kier alpha value is -4.65. The van der Waals surface area contributed by atoms with Gasteiger partial charge in [-0.1, -0.05) is 62.7 Å². The second-order valence-corrected chi connectivity index (χ2v) is 10.4. The lowest BCUT2D eigenvalue weighted by Gasteiger charge is -2.28. The number of hydrogen-bond acceptors (Lipinski definition) is 7.